The number of fused-ring (bicyclic) bond motifs is 1. The summed E-state index contributed by atoms with van der Waals surface area (Å²) in [6, 6.07) is 8.38. The summed E-state index contributed by atoms with van der Waals surface area (Å²) in [7, 11) is 0. The molecule has 0 radical (unpaired) electrons. The number of carbonyl (C=O) groups excluding carboxylic acids is 1. The minimum absolute atomic E-state index is 0.352. The topological polar surface area (TPSA) is 17.1 Å². The molecule has 1 aromatic heterocycles. The molecule has 1 heterocycles. The standard InChI is InChI=1S/C13H14OS/c1-2-11(14)8-7-10-9-15-13-6-4-3-5-12(10)13/h3-6,9H,2,7-8H2,1H3. The number of rotatable bonds is 4. The van der Waals surface area contributed by atoms with Gasteiger partial charge in [-0.3, -0.25) is 4.79 Å². The first-order chi connectivity index (χ1) is 7.31. The zero-order valence-electron chi connectivity index (χ0n) is 8.82. The van der Waals surface area contributed by atoms with Crippen molar-refractivity contribution in [3.8, 4) is 0 Å². The van der Waals surface area contributed by atoms with Crippen molar-refractivity contribution in [2.45, 2.75) is 26.2 Å². The molecule has 0 fully saturated rings. The molecular formula is C13H14OS. The molecule has 1 nitrogen and oxygen atoms in total. The molecule has 0 atom stereocenters. The fourth-order valence-corrected chi connectivity index (χ4v) is 2.67. The molecule has 0 amide bonds. The number of hydrogen-bond acceptors (Lipinski definition) is 2. The summed E-state index contributed by atoms with van der Waals surface area (Å²) in [4.78, 5) is 11.2. The minimum atomic E-state index is 0.352. The second kappa shape index (κ2) is 4.58. The number of hydrogen-bond donors (Lipinski definition) is 0. The lowest BCUT2D eigenvalue weighted by atomic mass is 10.1. The monoisotopic (exact) mass is 218 g/mol. The summed E-state index contributed by atoms with van der Waals surface area (Å²) in [5, 5.41) is 3.49. The van der Waals surface area contributed by atoms with Gasteiger partial charge < -0.3 is 0 Å². The second-order valence-corrected chi connectivity index (χ2v) is 4.56. The Labute approximate surface area is 93.7 Å². The predicted octanol–water partition coefficient (Wildman–Crippen LogP) is 3.81. The summed E-state index contributed by atoms with van der Waals surface area (Å²) in [5.41, 5.74) is 1.32. The van der Waals surface area contributed by atoms with Crippen LogP contribution in [-0.4, -0.2) is 5.78 Å². The van der Waals surface area contributed by atoms with Crippen molar-refractivity contribution >= 4 is 27.2 Å². The maximum absolute atomic E-state index is 11.2. The third kappa shape index (κ3) is 2.26. The van der Waals surface area contributed by atoms with E-state index in [1.165, 1.54) is 15.6 Å². The van der Waals surface area contributed by atoms with E-state index in [1.807, 2.05) is 6.92 Å². The first-order valence-corrected chi connectivity index (χ1v) is 6.16. The van der Waals surface area contributed by atoms with E-state index in [-0.39, 0.29) is 0 Å². The third-order valence-electron chi connectivity index (χ3n) is 2.63. The van der Waals surface area contributed by atoms with Crippen molar-refractivity contribution in [2.24, 2.45) is 0 Å². The van der Waals surface area contributed by atoms with E-state index in [1.54, 1.807) is 11.3 Å². The van der Waals surface area contributed by atoms with Crippen LogP contribution in [0.2, 0.25) is 0 Å². The van der Waals surface area contributed by atoms with Gasteiger partial charge in [0, 0.05) is 17.5 Å². The summed E-state index contributed by atoms with van der Waals surface area (Å²) in [6.45, 7) is 1.92. The Morgan fingerprint density at radius 2 is 2.13 bits per heavy atom. The molecule has 0 N–H and O–H groups in total. The Balaban J connectivity index is 2.18. The van der Waals surface area contributed by atoms with Gasteiger partial charge in [-0.1, -0.05) is 25.1 Å². The van der Waals surface area contributed by atoms with Gasteiger partial charge in [-0.05, 0) is 28.8 Å². The van der Waals surface area contributed by atoms with Crippen LogP contribution in [0.3, 0.4) is 0 Å². The predicted molar refractivity (Wildman–Crippen MR) is 65.4 cm³/mol. The molecule has 0 saturated heterocycles. The number of benzene rings is 1. The van der Waals surface area contributed by atoms with E-state index in [0.29, 0.717) is 18.6 Å². The number of ketones is 1. The first kappa shape index (κ1) is 10.4. The summed E-state index contributed by atoms with van der Waals surface area (Å²) < 4.78 is 1.32. The molecule has 2 heteroatoms. The number of carbonyl (C=O) groups is 1. The Bertz CT molecular complexity index is 470. The maximum atomic E-state index is 11.2. The Morgan fingerprint density at radius 3 is 2.93 bits per heavy atom. The van der Waals surface area contributed by atoms with Gasteiger partial charge in [0.2, 0.25) is 0 Å². The molecule has 0 saturated carbocycles. The molecular weight excluding hydrogens is 204 g/mol. The number of Topliss-reactive ketones (excluding diaryl/α,β-unsaturated/α-hetero) is 1. The normalized spacial score (nSPS) is 10.7. The summed E-state index contributed by atoms with van der Waals surface area (Å²) in [6.07, 6.45) is 2.22. The van der Waals surface area contributed by atoms with Gasteiger partial charge in [0.25, 0.3) is 0 Å². The Kier molecular flexibility index (Phi) is 3.17. The molecule has 2 rings (SSSR count). The van der Waals surface area contributed by atoms with Gasteiger partial charge in [0.1, 0.15) is 5.78 Å². The van der Waals surface area contributed by atoms with Crippen molar-refractivity contribution in [1.82, 2.24) is 0 Å². The Hall–Kier alpha value is -1.15. The lowest BCUT2D eigenvalue weighted by molar-refractivity contribution is -0.118. The highest BCUT2D eigenvalue weighted by molar-refractivity contribution is 7.17. The summed E-state index contributed by atoms with van der Waals surface area (Å²) >= 11 is 1.76. The minimum Gasteiger partial charge on any atom is -0.300 e. The molecule has 0 spiro atoms. The fourth-order valence-electron chi connectivity index (χ4n) is 1.68. The van der Waals surface area contributed by atoms with E-state index in [4.69, 9.17) is 0 Å². The Morgan fingerprint density at radius 1 is 1.33 bits per heavy atom. The van der Waals surface area contributed by atoms with Crippen molar-refractivity contribution in [3.05, 3.63) is 35.2 Å². The van der Waals surface area contributed by atoms with Crippen LogP contribution in [-0.2, 0) is 11.2 Å². The van der Waals surface area contributed by atoms with Gasteiger partial charge >= 0.3 is 0 Å². The molecule has 1 aromatic carbocycles. The van der Waals surface area contributed by atoms with Crippen LogP contribution in [0, 0.1) is 0 Å². The molecule has 0 aliphatic heterocycles. The fraction of sp³-hybridized carbons (Fsp3) is 0.308. The largest absolute Gasteiger partial charge is 0.300 e. The van der Waals surface area contributed by atoms with Crippen LogP contribution >= 0.6 is 11.3 Å². The van der Waals surface area contributed by atoms with Gasteiger partial charge in [0.05, 0.1) is 0 Å². The maximum Gasteiger partial charge on any atom is 0.132 e. The second-order valence-electron chi connectivity index (χ2n) is 3.65. The van der Waals surface area contributed by atoms with Gasteiger partial charge in [-0.2, -0.15) is 0 Å². The lowest BCUT2D eigenvalue weighted by Crippen LogP contribution is -1.96. The number of aryl methyl sites for hydroxylation is 1. The quantitative estimate of drug-likeness (QED) is 0.762. The average Bonchev–Trinajstić information content (AvgIpc) is 2.69. The van der Waals surface area contributed by atoms with E-state index in [2.05, 4.69) is 29.6 Å². The molecule has 2 aromatic rings. The van der Waals surface area contributed by atoms with Crippen LogP contribution in [0.5, 0.6) is 0 Å². The highest BCUT2D eigenvalue weighted by atomic mass is 32.1. The van der Waals surface area contributed by atoms with Crippen LogP contribution < -0.4 is 0 Å². The van der Waals surface area contributed by atoms with Crippen molar-refractivity contribution in [2.75, 3.05) is 0 Å². The third-order valence-corrected chi connectivity index (χ3v) is 3.64. The zero-order valence-corrected chi connectivity index (χ0v) is 9.64. The zero-order chi connectivity index (χ0) is 10.7. The van der Waals surface area contributed by atoms with Crippen LogP contribution in [0.4, 0.5) is 0 Å². The van der Waals surface area contributed by atoms with Crippen LogP contribution in [0.25, 0.3) is 10.1 Å². The molecule has 78 valence electrons. The summed E-state index contributed by atoms with van der Waals surface area (Å²) in [5.74, 6) is 0.352. The van der Waals surface area contributed by atoms with Crippen LogP contribution in [0.1, 0.15) is 25.3 Å². The molecule has 0 bridgehead atoms. The van der Waals surface area contributed by atoms with Gasteiger partial charge in [-0.25, -0.2) is 0 Å². The van der Waals surface area contributed by atoms with E-state index < -0.39 is 0 Å². The van der Waals surface area contributed by atoms with E-state index >= 15 is 0 Å². The highest BCUT2D eigenvalue weighted by Gasteiger charge is 2.05. The van der Waals surface area contributed by atoms with Gasteiger partial charge in [-0.15, -0.1) is 11.3 Å². The van der Waals surface area contributed by atoms with Crippen molar-refractivity contribution in [1.29, 1.82) is 0 Å². The van der Waals surface area contributed by atoms with Gasteiger partial charge in [0.15, 0.2) is 0 Å². The van der Waals surface area contributed by atoms with Crippen molar-refractivity contribution < 1.29 is 4.79 Å². The molecule has 0 unspecified atom stereocenters. The van der Waals surface area contributed by atoms with Crippen LogP contribution in [0.15, 0.2) is 29.6 Å². The number of thiophene rings is 1. The van der Waals surface area contributed by atoms with E-state index in [9.17, 15) is 4.79 Å². The lowest BCUT2D eigenvalue weighted by Gasteiger charge is -1.97. The van der Waals surface area contributed by atoms with E-state index in [0.717, 1.165) is 6.42 Å². The highest BCUT2D eigenvalue weighted by Crippen LogP contribution is 2.26. The molecule has 0 aliphatic carbocycles. The first-order valence-electron chi connectivity index (χ1n) is 5.28. The SMILES string of the molecule is CCC(=O)CCc1csc2ccccc12. The van der Waals surface area contributed by atoms with Crippen molar-refractivity contribution in [3.63, 3.8) is 0 Å². The molecule has 0 aliphatic rings. The average molecular weight is 218 g/mol. The molecule has 15 heavy (non-hydrogen) atoms. The smallest absolute Gasteiger partial charge is 0.132 e.